The Hall–Kier alpha value is -0.790. The summed E-state index contributed by atoms with van der Waals surface area (Å²) in [4.78, 5) is 0. The molecule has 0 N–H and O–H groups in total. The minimum atomic E-state index is 0.112. The predicted molar refractivity (Wildman–Crippen MR) is 102 cm³/mol. The fourth-order valence-corrected chi connectivity index (χ4v) is 3.02. The van der Waals surface area contributed by atoms with Gasteiger partial charge in [-0.05, 0) is 51.3 Å². The molecule has 0 spiro atoms. The minimum absolute atomic E-state index is 0.112. The molecule has 0 fully saturated rings. The summed E-state index contributed by atoms with van der Waals surface area (Å²) >= 11 is 9.86. The van der Waals surface area contributed by atoms with Crippen molar-refractivity contribution in [3.05, 3.63) is 57.0 Å². The van der Waals surface area contributed by atoms with Crippen LogP contribution in [0.2, 0.25) is 5.02 Å². The van der Waals surface area contributed by atoms with Gasteiger partial charge >= 0.3 is 0 Å². The summed E-state index contributed by atoms with van der Waals surface area (Å²) in [5, 5.41) is 0.761. The first-order valence-corrected chi connectivity index (χ1v) is 8.77. The molecular formula is C20H24BrCl. The van der Waals surface area contributed by atoms with Crippen LogP contribution in [0, 0.1) is 0 Å². The molecule has 2 heteroatoms. The zero-order valence-electron chi connectivity index (χ0n) is 14.2. The summed E-state index contributed by atoms with van der Waals surface area (Å²) in [6.45, 7) is 13.5. The average Bonchev–Trinajstić information content (AvgIpc) is 2.39. The van der Waals surface area contributed by atoms with E-state index < -0.39 is 0 Å². The van der Waals surface area contributed by atoms with E-state index in [9.17, 15) is 0 Å². The molecule has 0 unspecified atom stereocenters. The maximum Gasteiger partial charge on any atom is 0.0412 e. The summed E-state index contributed by atoms with van der Waals surface area (Å²) in [5.74, 6) is 0. The van der Waals surface area contributed by atoms with E-state index in [0.29, 0.717) is 0 Å². The third-order valence-corrected chi connectivity index (χ3v) is 4.83. The smallest absolute Gasteiger partial charge is 0.0412 e. The number of benzene rings is 2. The van der Waals surface area contributed by atoms with Crippen molar-refractivity contribution in [1.82, 2.24) is 0 Å². The van der Waals surface area contributed by atoms with Crippen molar-refractivity contribution in [2.75, 3.05) is 0 Å². The van der Waals surface area contributed by atoms with Gasteiger partial charge in [0.05, 0.1) is 0 Å². The van der Waals surface area contributed by atoms with Gasteiger partial charge in [-0.25, -0.2) is 0 Å². The highest BCUT2D eigenvalue weighted by Gasteiger charge is 2.21. The highest BCUT2D eigenvalue weighted by atomic mass is 79.9. The lowest BCUT2D eigenvalue weighted by atomic mass is 9.79. The van der Waals surface area contributed by atoms with E-state index in [0.717, 1.165) is 15.1 Å². The summed E-state index contributed by atoms with van der Waals surface area (Å²) < 4.78 is 1.07. The second-order valence-corrected chi connectivity index (χ2v) is 9.21. The summed E-state index contributed by atoms with van der Waals surface area (Å²) in [5.41, 5.74) is 5.28. The maximum atomic E-state index is 6.21. The molecule has 0 heterocycles. The number of rotatable bonds is 1. The Morgan fingerprint density at radius 1 is 0.773 bits per heavy atom. The van der Waals surface area contributed by atoms with E-state index >= 15 is 0 Å². The highest BCUT2D eigenvalue weighted by molar-refractivity contribution is 9.10. The standard InChI is InChI=1S/C20H24BrCl/c1-19(2,3)14-9-13(10-15(11-14)20(4,5)6)17-12-16(22)7-8-18(17)21/h7-12H,1-6H3. The van der Waals surface area contributed by atoms with Crippen LogP contribution < -0.4 is 0 Å². The van der Waals surface area contributed by atoms with Gasteiger partial charge in [-0.1, -0.05) is 87.3 Å². The molecule has 0 nitrogen and oxygen atoms in total. The van der Waals surface area contributed by atoms with Gasteiger partial charge in [-0.15, -0.1) is 0 Å². The lowest BCUT2D eigenvalue weighted by Gasteiger charge is -2.26. The Labute approximate surface area is 148 Å². The van der Waals surface area contributed by atoms with E-state index in [2.05, 4.69) is 75.7 Å². The number of hydrogen-bond donors (Lipinski definition) is 0. The largest absolute Gasteiger partial charge is 0.0843 e. The molecule has 0 saturated carbocycles. The molecule has 0 radical (unpaired) electrons. The van der Waals surface area contributed by atoms with E-state index in [1.54, 1.807) is 0 Å². The van der Waals surface area contributed by atoms with Crippen molar-refractivity contribution < 1.29 is 0 Å². The van der Waals surface area contributed by atoms with Crippen molar-refractivity contribution >= 4 is 27.5 Å². The van der Waals surface area contributed by atoms with Crippen molar-refractivity contribution in [1.29, 1.82) is 0 Å². The van der Waals surface area contributed by atoms with Crippen LogP contribution in [0.3, 0.4) is 0 Å². The molecule has 0 aliphatic heterocycles. The van der Waals surface area contributed by atoms with Crippen LogP contribution in [0.15, 0.2) is 40.9 Å². The second-order valence-electron chi connectivity index (χ2n) is 7.92. The number of halogens is 2. The van der Waals surface area contributed by atoms with Crippen molar-refractivity contribution in [3.8, 4) is 11.1 Å². The Morgan fingerprint density at radius 2 is 1.27 bits per heavy atom. The molecule has 0 saturated heterocycles. The first-order chi connectivity index (χ1) is 9.98. The quantitative estimate of drug-likeness (QED) is 0.485. The first kappa shape index (κ1) is 17.6. The van der Waals surface area contributed by atoms with E-state index in [1.165, 1.54) is 16.7 Å². The van der Waals surface area contributed by atoms with Crippen LogP contribution in [-0.2, 0) is 10.8 Å². The van der Waals surface area contributed by atoms with Crippen LogP contribution in [-0.4, -0.2) is 0 Å². The molecule has 118 valence electrons. The summed E-state index contributed by atoms with van der Waals surface area (Å²) in [7, 11) is 0. The Bertz CT molecular complexity index is 656. The Balaban J connectivity index is 2.73. The van der Waals surface area contributed by atoms with Gasteiger partial charge in [0.15, 0.2) is 0 Å². The van der Waals surface area contributed by atoms with Crippen molar-refractivity contribution in [2.45, 2.75) is 52.4 Å². The van der Waals surface area contributed by atoms with E-state index in [1.807, 2.05) is 18.2 Å². The molecule has 0 aliphatic carbocycles. The van der Waals surface area contributed by atoms with Gasteiger partial charge < -0.3 is 0 Å². The molecule has 0 aliphatic rings. The molecule has 0 atom stereocenters. The fourth-order valence-electron chi connectivity index (χ4n) is 2.37. The normalized spacial score (nSPS) is 12.5. The lowest BCUT2D eigenvalue weighted by Crippen LogP contribution is -2.16. The molecular weight excluding hydrogens is 356 g/mol. The Morgan fingerprint density at radius 3 is 1.73 bits per heavy atom. The molecule has 2 aromatic rings. The fraction of sp³-hybridized carbons (Fsp3) is 0.400. The van der Waals surface area contributed by atoms with Crippen LogP contribution in [0.5, 0.6) is 0 Å². The molecule has 2 rings (SSSR count). The molecule has 22 heavy (non-hydrogen) atoms. The molecule has 0 aromatic heterocycles. The second kappa shape index (κ2) is 6.02. The predicted octanol–water partition coefficient (Wildman–Crippen LogP) is 7.36. The third kappa shape index (κ3) is 3.94. The zero-order chi connectivity index (χ0) is 16.7. The third-order valence-electron chi connectivity index (χ3n) is 3.90. The molecule has 0 amide bonds. The van der Waals surface area contributed by atoms with Gasteiger partial charge in [-0.2, -0.15) is 0 Å². The lowest BCUT2D eigenvalue weighted by molar-refractivity contribution is 0.569. The van der Waals surface area contributed by atoms with Gasteiger partial charge in [0, 0.05) is 9.50 Å². The zero-order valence-corrected chi connectivity index (χ0v) is 16.6. The van der Waals surface area contributed by atoms with Gasteiger partial charge in [0.25, 0.3) is 0 Å². The average molecular weight is 380 g/mol. The van der Waals surface area contributed by atoms with Crippen molar-refractivity contribution in [2.24, 2.45) is 0 Å². The van der Waals surface area contributed by atoms with Crippen LogP contribution in [0.4, 0.5) is 0 Å². The monoisotopic (exact) mass is 378 g/mol. The van der Waals surface area contributed by atoms with E-state index in [4.69, 9.17) is 11.6 Å². The topological polar surface area (TPSA) is 0 Å². The number of hydrogen-bond acceptors (Lipinski definition) is 0. The van der Waals surface area contributed by atoms with Gasteiger partial charge in [-0.3, -0.25) is 0 Å². The maximum absolute atomic E-state index is 6.21. The first-order valence-electron chi connectivity index (χ1n) is 7.60. The Kier molecular flexibility index (Phi) is 4.80. The van der Waals surface area contributed by atoms with Gasteiger partial charge in [0.2, 0.25) is 0 Å². The van der Waals surface area contributed by atoms with Crippen LogP contribution >= 0.6 is 27.5 Å². The van der Waals surface area contributed by atoms with E-state index in [-0.39, 0.29) is 10.8 Å². The van der Waals surface area contributed by atoms with Gasteiger partial charge in [0.1, 0.15) is 0 Å². The summed E-state index contributed by atoms with van der Waals surface area (Å²) in [6, 6.07) is 12.9. The molecule has 0 bridgehead atoms. The minimum Gasteiger partial charge on any atom is -0.0843 e. The van der Waals surface area contributed by atoms with Crippen LogP contribution in [0.25, 0.3) is 11.1 Å². The highest BCUT2D eigenvalue weighted by Crippen LogP contribution is 2.37. The SMILES string of the molecule is CC(C)(C)c1cc(-c2cc(Cl)ccc2Br)cc(C(C)(C)C)c1. The summed E-state index contributed by atoms with van der Waals surface area (Å²) in [6.07, 6.45) is 0. The van der Waals surface area contributed by atoms with Crippen LogP contribution in [0.1, 0.15) is 52.7 Å². The molecule has 2 aromatic carbocycles. The van der Waals surface area contributed by atoms with Crippen molar-refractivity contribution in [3.63, 3.8) is 0 Å².